The van der Waals surface area contributed by atoms with Crippen LogP contribution in [0.1, 0.15) is 0 Å². The lowest BCUT2D eigenvalue weighted by Gasteiger charge is -2.29. The highest BCUT2D eigenvalue weighted by atomic mass is 19.1. The summed E-state index contributed by atoms with van der Waals surface area (Å²) in [4.78, 5) is 2.16. The van der Waals surface area contributed by atoms with E-state index in [9.17, 15) is 4.39 Å². The summed E-state index contributed by atoms with van der Waals surface area (Å²) >= 11 is 0. The predicted molar refractivity (Wildman–Crippen MR) is 63.5 cm³/mol. The molecule has 4 nitrogen and oxygen atoms in total. The molecular weight excluding hydrogens is 223 g/mol. The topological polar surface area (TPSA) is 47.7 Å². The van der Waals surface area contributed by atoms with Gasteiger partial charge in [-0.25, -0.2) is 4.39 Å². The Labute approximate surface area is 100 Å². The minimum absolute atomic E-state index is 0.00861. The van der Waals surface area contributed by atoms with E-state index in [-0.39, 0.29) is 11.9 Å². The number of ether oxygens (including phenoxy) is 2. The van der Waals surface area contributed by atoms with E-state index in [0.29, 0.717) is 18.9 Å². The van der Waals surface area contributed by atoms with Crippen LogP contribution in [0.5, 0.6) is 5.75 Å². The van der Waals surface area contributed by atoms with Gasteiger partial charge in [-0.2, -0.15) is 0 Å². The van der Waals surface area contributed by atoms with Gasteiger partial charge in [0.2, 0.25) is 0 Å². The molecule has 1 saturated heterocycles. The molecule has 0 radical (unpaired) electrons. The molecule has 1 aliphatic heterocycles. The van der Waals surface area contributed by atoms with E-state index in [2.05, 4.69) is 4.90 Å². The van der Waals surface area contributed by atoms with Crippen LogP contribution in [0.4, 0.5) is 10.1 Å². The molecule has 0 amide bonds. The zero-order valence-electron chi connectivity index (χ0n) is 9.86. The SMILES string of the molecule is CN1CCOC(COc2ccc(N)cc2F)C1. The minimum Gasteiger partial charge on any atom is -0.488 e. The second-order valence-electron chi connectivity index (χ2n) is 4.26. The molecule has 0 aromatic heterocycles. The number of rotatable bonds is 3. The Morgan fingerprint density at radius 2 is 2.41 bits per heavy atom. The summed E-state index contributed by atoms with van der Waals surface area (Å²) in [6.45, 7) is 2.77. The number of nitrogen functional groups attached to an aromatic ring is 1. The fourth-order valence-electron chi connectivity index (χ4n) is 1.78. The van der Waals surface area contributed by atoms with Gasteiger partial charge in [-0.05, 0) is 19.2 Å². The number of nitrogens with zero attached hydrogens (tertiary/aromatic N) is 1. The molecule has 2 rings (SSSR count). The van der Waals surface area contributed by atoms with E-state index in [1.165, 1.54) is 12.1 Å². The van der Waals surface area contributed by atoms with Gasteiger partial charge in [0.15, 0.2) is 11.6 Å². The molecule has 5 heteroatoms. The molecule has 2 N–H and O–H groups in total. The van der Waals surface area contributed by atoms with E-state index < -0.39 is 5.82 Å². The van der Waals surface area contributed by atoms with Crippen molar-refractivity contribution in [2.24, 2.45) is 0 Å². The van der Waals surface area contributed by atoms with Gasteiger partial charge in [0.1, 0.15) is 12.7 Å². The smallest absolute Gasteiger partial charge is 0.167 e. The summed E-state index contributed by atoms with van der Waals surface area (Å²) in [7, 11) is 2.03. The Kier molecular flexibility index (Phi) is 3.81. The van der Waals surface area contributed by atoms with E-state index >= 15 is 0 Å². The van der Waals surface area contributed by atoms with E-state index in [1.807, 2.05) is 7.05 Å². The lowest BCUT2D eigenvalue weighted by Crippen LogP contribution is -2.42. The van der Waals surface area contributed by atoms with Crippen molar-refractivity contribution in [3.8, 4) is 5.75 Å². The van der Waals surface area contributed by atoms with Gasteiger partial charge >= 0.3 is 0 Å². The van der Waals surface area contributed by atoms with Crippen LogP contribution in [-0.4, -0.2) is 44.4 Å². The second kappa shape index (κ2) is 5.33. The molecule has 1 fully saturated rings. The molecule has 1 aromatic rings. The molecule has 0 saturated carbocycles. The number of morpholine rings is 1. The Morgan fingerprint density at radius 1 is 1.59 bits per heavy atom. The van der Waals surface area contributed by atoms with Gasteiger partial charge in [-0.3, -0.25) is 0 Å². The van der Waals surface area contributed by atoms with Crippen molar-refractivity contribution in [3.63, 3.8) is 0 Å². The first-order valence-corrected chi connectivity index (χ1v) is 5.63. The maximum atomic E-state index is 13.4. The average Bonchev–Trinajstić information content (AvgIpc) is 2.28. The fourth-order valence-corrected chi connectivity index (χ4v) is 1.78. The van der Waals surface area contributed by atoms with Crippen molar-refractivity contribution in [1.82, 2.24) is 4.90 Å². The Morgan fingerprint density at radius 3 is 3.12 bits per heavy atom. The molecule has 1 unspecified atom stereocenters. The maximum Gasteiger partial charge on any atom is 0.167 e. The summed E-state index contributed by atoms with van der Waals surface area (Å²) in [6, 6.07) is 4.41. The molecule has 0 spiro atoms. The van der Waals surface area contributed by atoms with Gasteiger partial charge in [0.25, 0.3) is 0 Å². The van der Waals surface area contributed by atoms with Gasteiger partial charge < -0.3 is 20.1 Å². The van der Waals surface area contributed by atoms with Crippen LogP contribution in [-0.2, 0) is 4.74 Å². The van der Waals surface area contributed by atoms with Crippen molar-refractivity contribution < 1.29 is 13.9 Å². The van der Waals surface area contributed by atoms with Crippen molar-refractivity contribution in [1.29, 1.82) is 0 Å². The normalized spacial score (nSPS) is 21.4. The largest absolute Gasteiger partial charge is 0.488 e. The lowest BCUT2D eigenvalue weighted by atomic mass is 10.3. The van der Waals surface area contributed by atoms with Crippen molar-refractivity contribution in [3.05, 3.63) is 24.0 Å². The molecule has 0 bridgehead atoms. The zero-order valence-corrected chi connectivity index (χ0v) is 9.86. The molecule has 1 aliphatic rings. The summed E-state index contributed by atoms with van der Waals surface area (Å²) in [6.07, 6.45) is -0.00861. The summed E-state index contributed by atoms with van der Waals surface area (Å²) < 4.78 is 24.3. The molecule has 1 atom stereocenters. The van der Waals surface area contributed by atoms with Crippen LogP contribution in [0.3, 0.4) is 0 Å². The lowest BCUT2D eigenvalue weighted by molar-refractivity contribution is -0.0408. The Bertz CT molecular complexity index is 387. The third kappa shape index (κ3) is 3.31. The van der Waals surface area contributed by atoms with E-state index in [1.54, 1.807) is 6.07 Å². The Hall–Kier alpha value is -1.33. The first-order chi connectivity index (χ1) is 8.15. The number of hydrogen-bond acceptors (Lipinski definition) is 4. The number of likely N-dealkylation sites (N-methyl/N-ethyl adjacent to an activating group) is 1. The van der Waals surface area contributed by atoms with Crippen LogP contribution < -0.4 is 10.5 Å². The quantitative estimate of drug-likeness (QED) is 0.804. The predicted octanol–water partition coefficient (Wildman–Crippen LogP) is 1.12. The maximum absolute atomic E-state index is 13.4. The van der Waals surface area contributed by atoms with Crippen molar-refractivity contribution in [2.45, 2.75) is 6.10 Å². The van der Waals surface area contributed by atoms with Gasteiger partial charge in [-0.15, -0.1) is 0 Å². The van der Waals surface area contributed by atoms with E-state index in [4.69, 9.17) is 15.2 Å². The third-order valence-electron chi connectivity index (χ3n) is 2.72. The number of hydrogen-bond donors (Lipinski definition) is 1. The van der Waals surface area contributed by atoms with Crippen molar-refractivity contribution in [2.75, 3.05) is 39.1 Å². The van der Waals surface area contributed by atoms with Gasteiger partial charge in [0, 0.05) is 24.8 Å². The van der Waals surface area contributed by atoms with Crippen molar-refractivity contribution >= 4 is 5.69 Å². The van der Waals surface area contributed by atoms with Gasteiger partial charge in [-0.1, -0.05) is 0 Å². The monoisotopic (exact) mass is 240 g/mol. The highest BCUT2D eigenvalue weighted by Crippen LogP contribution is 2.19. The first-order valence-electron chi connectivity index (χ1n) is 5.63. The van der Waals surface area contributed by atoms with Crippen LogP contribution in [0.15, 0.2) is 18.2 Å². The molecular formula is C12H17FN2O2. The average molecular weight is 240 g/mol. The third-order valence-corrected chi connectivity index (χ3v) is 2.72. The minimum atomic E-state index is -0.436. The van der Waals surface area contributed by atoms with Crippen LogP contribution in [0.25, 0.3) is 0 Å². The van der Waals surface area contributed by atoms with Crippen LogP contribution in [0.2, 0.25) is 0 Å². The number of benzene rings is 1. The molecule has 1 aromatic carbocycles. The summed E-state index contributed by atoms with van der Waals surface area (Å²) in [5, 5.41) is 0. The zero-order chi connectivity index (χ0) is 12.3. The molecule has 0 aliphatic carbocycles. The summed E-state index contributed by atoms with van der Waals surface area (Å²) in [5.74, 6) is -0.217. The van der Waals surface area contributed by atoms with Crippen LogP contribution in [0, 0.1) is 5.82 Å². The van der Waals surface area contributed by atoms with Gasteiger partial charge in [0.05, 0.1) is 6.61 Å². The second-order valence-corrected chi connectivity index (χ2v) is 4.26. The molecule has 1 heterocycles. The first kappa shape index (κ1) is 12.1. The highest BCUT2D eigenvalue weighted by Gasteiger charge is 2.18. The number of nitrogens with two attached hydrogens (primary N) is 1. The highest BCUT2D eigenvalue weighted by molar-refractivity contribution is 5.42. The fraction of sp³-hybridized carbons (Fsp3) is 0.500. The number of anilines is 1. The number of halogens is 1. The summed E-state index contributed by atoms with van der Waals surface area (Å²) in [5.41, 5.74) is 5.85. The van der Waals surface area contributed by atoms with E-state index in [0.717, 1.165) is 13.1 Å². The van der Waals surface area contributed by atoms with Crippen LogP contribution >= 0.6 is 0 Å². The Balaban J connectivity index is 1.88. The molecule has 17 heavy (non-hydrogen) atoms. The standard InChI is InChI=1S/C12H17FN2O2/c1-15-4-5-16-10(7-15)8-17-12-3-2-9(14)6-11(12)13/h2-3,6,10H,4-5,7-8,14H2,1H3. The molecule has 94 valence electrons.